The number of carbonyl (C=O) groups is 2. The smallest absolute Gasteiger partial charge is 0.251 e. The maximum atomic E-state index is 13.0. The van der Waals surface area contributed by atoms with E-state index in [2.05, 4.69) is 10.6 Å². The van der Waals surface area contributed by atoms with Crippen LogP contribution in [0.15, 0.2) is 72.8 Å². The first-order chi connectivity index (χ1) is 15.4. The number of Topliss-reactive ketones (excluding diaryl/α,β-unsaturated/α-hetero) is 1. The lowest BCUT2D eigenvalue weighted by Crippen LogP contribution is -2.45. The SMILES string of the molecule is COc1cccc(CNCC(=O)C(Cc2ccccc2)NC(=O)c2cc(Cl)cc(Cl)c2)c1. The van der Waals surface area contributed by atoms with Gasteiger partial charge in [0.2, 0.25) is 0 Å². The molecule has 3 aromatic carbocycles. The molecule has 0 spiro atoms. The largest absolute Gasteiger partial charge is 0.497 e. The normalized spacial score (nSPS) is 11.6. The highest BCUT2D eigenvalue weighted by molar-refractivity contribution is 6.35. The first kappa shape index (κ1) is 23.8. The summed E-state index contributed by atoms with van der Waals surface area (Å²) in [5, 5.41) is 6.70. The van der Waals surface area contributed by atoms with Crippen LogP contribution in [0.2, 0.25) is 10.0 Å². The fourth-order valence-electron chi connectivity index (χ4n) is 3.26. The number of ketones is 1. The van der Waals surface area contributed by atoms with Gasteiger partial charge < -0.3 is 15.4 Å². The van der Waals surface area contributed by atoms with Gasteiger partial charge in [0, 0.05) is 22.2 Å². The van der Waals surface area contributed by atoms with Crippen LogP contribution in [0.3, 0.4) is 0 Å². The zero-order chi connectivity index (χ0) is 22.9. The van der Waals surface area contributed by atoms with Crippen LogP contribution in [0.4, 0.5) is 0 Å². The van der Waals surface area contributed by atoms with E-state index in [0.717, 1.165) is 16.9 Å². The Morgan fingerprint density at radius 1 is 0.906 bits per heavy atom. The van der Waals surface area contributed by atoms with Crippen LogP contribution < -0.4 is 15.4 Å². The van der Waals surface area contributed by atoms with Crippen LogP contribution in [-0.2, 0) is 17.8 Å². The zero-order valence-corrected chi connectivity index (χ0v) is 19.1. The second kappa shape index (κ2) is 11.7. The van der Waals surface area contributed by atoms with Crippen molar-refractivity contribution in [3.63, 3.8) is 0 Å². The minimum Gasteiger partial charge on any atom is -0.497 e. The Kier molecular flexibility index (Phi) is 8.68. The minimum absolute atomic E-state index is 0.102. The Hall–Kier alpha value is -2.86. The number of ether oxygens (including phenoxy) is 1. The lowest BCUT2D eigenvalue weighted by molar-refractivity contribution is -0.120. The Morgan fingerprint density at radius 3 is 2.28 bits per heavy atom. The molecule has 0 aromatic heterocycles. The van der Waals surface area contributed by atoms with Crippen LogP contribution in [0, 0.1) is 0 Å². The molecule has 7 heteroatoms. The van der Waals surface area contributed by atoms with Crippen molar-refractivity contribution in [3.05, 3.63) is 99.5 Å². The molecule has 0 saturated heterocycles. The Morgan fingerprint density at radius 2 is 1.59 bits per heavy atom. The van der Waals surface area contributed by atoms with Gasteiger partial charge in [-0.3, -0.25) is 9.59 Å². The average Bonchev–Trinajstić information content (AvgIpc) is 2.78. The highest BCUT2D eigenvalue weighted by atomic mass is 35.5. The molecule has 3 aromatic rings. The summed E-state index contributed by atoms with van der Waals surface area (Å²) in [7, 11) is 1.61. The van der Waals surface area contributed by atoms with Gasteiger partial charge in [0.05, 0.1) is 19.7 Å². The van der Waals surface area contributed by atoms with Gasteiger partial charge in [0.1, 0.15) is 5.75 Å². The Bertz CT molecular complexity index is 1050. The fraction of sp³-hybridized carbons (Fsp3) is 0.200. The van der Waals surface area contributed by atoms with E-state index < -0.39 is 11.9 Å². The summed E-state index contributed by atoms with van der Waals surface area (Å²) < 4.78 is 5.23. The highest BCUT2D eigenvalue weighted by Gasteiger charge is 2.22. The van der Waals surface area contributed by atoms with Crippen LogP contribution in [0.25, 0.3) is 0 Å². The molecule has 0 aliphatic carbocycles. The summed E-state index contributed by atoms with van der Waals surface area (Å²) >= 11 is 12.0. The van der Waals surface area contributed by atoms with Crippen LogP contribution in [0.5, 0.6) is 5.75 Å². The number of nitrogens with one attached hydrogen (secondary N) is 2. The van der Waals surface area contributed by atoms with Gasteiger partial charge in [-0.2, -0.15) is 0 Å². The van der Waals surface area contributed by atoms with E-state index in [9.17, 15) is 9.59 Å². The molecule has 32 heavy (non-hydrogen) atoms. The van der Waals surface area contributed by atoms with Crippen molar-refractivity contribution in [2.45, 2.75) is 19.0 Å². The molecule has 1 atom stereocenters. The summed E-state index contributed by atoms with van der Waals surface area (Å²) in [5.41, 5.74) is 2.25. The van der Waals surface area contributed by atoms with E-state index >= 15 is 0 Å². The van der Waals surface area contributed by atoms with E-state index in [1.54, 1.807) is 13.2 Å². The molecule has 0 bridgehead atoms. The third kappa shape index (κ3) is 7.09. The van der Waals surface area contributed by atoms with Crippen LogP contribution in [-0.4, -0.2) is 31.4 Å². The molecule has 0 saturated carbocycles. The number of halogens is 2. The molecule has 1 unspecified atom stereocenters. The van der Waals surface area contributed by atoms with Gasteiger partial charge >= 0.3 is 0 Å². The first-order valence-corrected chi connectivity index (χ1v) is 10.9. The van der Waals surface area contributed by atoms with Gasteiger partial charge in [0.25, 0.3) is 5.91 Å². The molecule has 3 rings (SSSR count). The van der Waals surface area contributed by atoms with E-state index in [1.807, 2.05) is 54.6 Å². The van der Waals surface area contributed by atoms with Crippen molar-refractivity contribution in [1.29, 1.82) is 0 Å². The Labute approximate surface area is 197 Å². The second-order valence-electron chi connectivity index (χ2n) is 7.30. The third-order valence-corrected chi connectivity index (χ3v) is 5.30. The molecular formula is C25H24Cl2N2O3. The quantitative estimate of drug-likeness (QED) is 0.450. The summed E-state index contributed by atoms with van der Waals surface area (Å²) in [5.74, 6) is 0.222. The van der Waals surface area contributed by atoms with E-state index in [4.69, 9.17) is 27.9 Å². The molecule has 5 nitrogen and oxygen atoms in total. The predicted molar refractivity (Wildman–Crippen MR) is 128 cm³/mol. The van der Waals surface area contributed by atoms with Gasteiger partial charge in [-0.15, -0.1) is 0 Å². The van der Waals surface area contributed by atoms with Crippen molar-refractivity contribution in [2.75, 3.05) is 13.7 Å². The van der Waals surface area contributed by atoms with Gasteiger partial charge in [-0.25, -0.2) is 0 Å². The summed E-state index contributed by atoms with van der Waals surface area (Å²) in [6.45, 7) is 0.601. The number of amides is 1. The standard InChI is InChI=1S/C25H24Cl2N2O3/c1-32-22-9-5-8-18(10-22)15-28-16-24(30)23(11-17-6-3-2-4-7-17)29-25(31)19-12-20(26)14-21(27)13-19/h2-10,12-14,23,28H,11,15-16H2,1H3,(H,29,31). The number of benzene rings is 3. The molecule has 0 fully saturated rings. The number of rotatable bonds is 10. The predicted octanol–water partition coefficient (Wildman–Crippen LogP) is 4.70. The number of hydrogen-bond donors (Lipinski definition) is 2. The summed E-state index contributed by atoms with van der Waals surface area (Å²) in [6.07, 6.45) is 0.376. The van der Waals surface area contributed by atoms with Crippen molar-refractivity contribution in [2.24, 2.45) is 0 Å². The van der Waals surface area contributed by atoms with Gasteiger partial charge in [-0.1, -0.05) is 65.7 Å². The van der Waals surface area contributed by atoms with E-state index in [0.29, 0.717) is 28.6 Å². The van der Waals surface area contributed by atoms with E-state index in [-0.39, 0.29) is 12.3 Å². The molecule has 0 aliphatic rings. The fourth-order valence-corrected chi connectivity index (χ4v) is 3.78. The van der Waals surface area contributed by atoms with Gasteiger partial charge in [0.15, 0.2) is 5.78 Å². The monoisotopic (exact) mass is 470 g/mol. The second-order valence-corrected chi connectivity index (χ2v) is 8.17. The molecule has 1 amide bonds. The minimum atomic E-state index is -0.708. The number of carbonyl (C=O) groups excluding carboxylic acids is 2. The van der Waals surface area contributed by atoms with Crippen LogP contribution >= 0.6 is 23.2 Å². The summed E-state index contributed by atoms with van der Waals surface area (Å²) in [6, 6.07) is 21.1. The van der Waals surface area contributed by atoms with Crippen molar-refractivity contribution in [3.8, 4) is 5.75 Å². The van der Waals surface area contributed by atoms with Crippen molar-refractivity contribution >= 4 is 34.9 Å². The highest BCUT2D eigenvalue weighted by Crippen LogP contribution is 2.19. The number of hydrogen-bond acceptors (Lipinski definition) is 4. The van der Waals surface area contributed by atoms with Crippen LogP contribution in [0.1, 0.15) is 21.5 Å². The lowest BCUT2D eigenvalue weighted by Gasteiger charge is -2.19. The molecule has 0 aliphatic heterocycles. The maximum absolute atomic E-state index is 13.0. The van der Waals surface area contributed by atoms with E-state index in [1.165, 1.54) is 12.1 Å². The van der Waals surface area contributed by atoms with Crippen molar-refractivity contribution < 1.29 is 14.3 Å². The Balaban J connectivity index is 1.68. The van der Waals surface area contributed by atoms with Crippen molar-refractivity contribution in [1.82, 2.24) is 10.6 Å². The molecular weight excluding hydrogens is 447 g/mol. The molecule has 166 valence electrons. The molecule has 0 radical (unpaired) electrons. The lowest BCUT2D eigenvalue weighted by atomic mass is 10.0. The maximum Gasteiger partial charge on any atom is 0.251 e. The molecule has 2 N–H and O–H groups in total. The summed E-state index contributed by atoms with van der Waals surface area (Å²) in [4.78, 5) is 25.8. The topological polar surface area (TPSA) is 67.4 Å². The average molecular weight is 471 g/mol. The third-order valence-electron chi connectivity index (χ3n) is 4.86. The first-order valence-electron chi connectivity index (χ1n) is 10.1. The van der Waals surface area contributed by atoms with Gasteiger partial charge in [-0.05, 0) is 47.9 Å². The zero-order valence-electron chi connectivity index (χ0n) is 17.6. The molecule has 0 heterocycles. The number of methoxy groups -OCH3 is 1.